The molecule has 1 aliphatic rings. The van der Waals surface area contributed by atoms with Crippen LogP contribution < -0.4 is 4.74 Å². The first-order chi connectivity index (χ1) is 8.82. The van der Waals surface area contributed by atoms with E-state index in [1.165, 1.54) is 6.92 Å². The quantitative estimate of drug-likeness (QED) is 0.619. The molecule has 1 aliphatic heterocycles. The van der Waals surface area contributed by atoms with Crippen LogP contribution in [0, 0.1) is 0 Å². The van der Waals surface area contributed by atoms with Crippen molar-refractivity contribution in [2.24, 2.45) is 0 Å². The summed E-state index contributed by atoms with van der Waals surface area (Å²) in [5.74, 6) is 0.0384. The van der Waals surface area contributed by atoms with Crippen molar-refractivity contribution in [3.05, 3.63) is 29.8 Å². The summed E-state index contributed by atoms with van der Waals surface area (Å²) < 4.78 is 10.4. The van der Waals surface area contributed by atoms with Crippen molar-refractivity contribution in [1.82, 2.24) is 0 Å². The Kier molecular flexibility index (Phi) is 3.12. The Morgan fingerprint density at radius 1 is 1.26 bits per heavy atom. The molecule has 0 N–H and O–H groups in total. The number of ketones is 1. The van der Waals surface area contributed by atoms with Gasteiger partial charge in [0.25, 0.3) is 0 Å². The number of methoxy groups -OCH3 is 1. The topological polar surface area (TPSA) is 52.6 Å². The number of rotatable bonds is 3. The summed E-state index contributed by atoms with van der Waals surface area (Å²) in [5.41, 5.74) is -1.14. The predicted molar refractivity (Wildman–Crippen MR) is 70.1 cm³/mol. The van der Waals surface area contributed by atoms with Crippen molar-refractivity contribution in [3.63, 3.8) is 0 Å². The lowest BCUT2D eigenvalue weighted by Gasteiger charge is -2.23. The van der Waals surface area contributed by atoms with E-state index >= 15 is 0 Å². The van der Waals surface area contributed by atoms with Gasteiger partial charge in [0.05, 0.1) is 7.11 Å². The number of carbonyl (C=O) groups excluding carboxylic acids is 2. The largest absolute Gasteiger partial charge is 0.497 e. The number of cyclic esters (lactones) is 1. The van der Waals surface area contributed by atoms with Gasteiger partial charge >= 0.3 is 5.97 Å². The lowest BCUT2D eigenvalue weighted by molar-refractivity contribution is -0.151. The zero-order chi connectivity index (χ0) is 14.3. The van der Waals surface area contributed by atoms with E-state index in [-0.39, 0.29) is 5.78 Å². The third kappa shape index (κ3) is 2.11. The molecule has 19 heavy (non-hydrogen) atoms. The maximum Gasteiger partial charge on any atom is 0.324 e. The van der Waals surface area contributed by atoms with E-state index in [0.29, 0.717) is 17.7 Å². The van der Waals surface area contributed by atoms with Gasteiger partial charge in [-0.15, -0.1) is 0 Å². The summed E-state index contributed by atoms with van der Waals surface area (Å²) in [6, 6.07) is 7.00. The maximum atomic E-state index is 12.2. The lowest BCUT2D eigenvalue weighted by atomic mass is 9.73. The van der Waals surface area contributed by atoms with Gasteiger partial charge < -0.3 is 9.47 Å². The van der Waals surface area contributed by atoms with Gasteiger partial charge in [0.2, 0.25) is 0 Å². The molecule has 0 unspecified atom stereocenters. The minimum absolute atomic E-state index is 0.187. The highest BCUT2D eigenvalue weighted by molar-refractivity contribution is 6.10. The summed E-state index contributed by atoms with van der Waals surface area (Å²) >= 11 is 0. The molecule has 1 aromatic rings. The maximum absolute atomic E-state index is 12.2. The van der Waals surface area contributed by atoms with E-state index in [4.69, 9.17) is 9.47 Å². The van der Waals surface area contributed by atoms with Crippen LogP contribution in [0.1, 0.15) is 32.8 Å². The van der Waals surface area contributed by atoms with E-state index in [2.05, 4.69) is 0 Å². The fourth-order valence-corrected chi connectivity index (χ4v) is 2.65. The van der Waals surface area contributed by atoms with Gasteiger partial charge in [-0.25, -0.2) is 0 Å². The van der Waals surface area contributed by atoms with Crippen molar-refractivity contribution in [2.75, 3.05) is 7.11 Å². The molecule has 0 amide bonds. The fraction of sp³-hybridized carbons (Fsp3) is 0.467. The molecule has 0 radical (unpaired) electrons. The van der Waals surface area contributed by atoms with Crippen LogP contribution in [0.2, 0.25) is 0 Å². The summed E-state index contributed by atoms with van der Waals surface area (Å²) in [7, 11) is 1.57. The molecule has 0 bridgehead atoms. The van der Waals surface area contributed by atoms with Gasteiger partial charge in [-0.1, -0.05) is 12.1 Å². The van der Waals surface area contributed by atoms with Crippen LogP contribution in [0.25, 0.3) is 0 Å². The molecule has 2 rings (SSSR count). The third-order valence-corrected chi connectivity index (χ3v) is 3.59. The molecule has 4 nitrogen and oxygen atoms in total. The van der Waals surface area contributed by atoms with Gasteiger partial charge in [-0.3, -0.25) is 9.59 Å². The molecule has 4 heteroatoms. The lowest BCUT2D eigenvalue weighted by Crippen LogP contribution is -2.39. The summed E-state index contributed by atoms with van der Waals surface area (Å²) in [6.07, 6.45) is 0.362. The number of ether oxygens (including phenoxy) is 2. The van der Waals surface area contributed by atoms with Crippen molar-refractivity contribution < 1.29 is 19.1 Å². The molecule has 102 valence electrons. The van der Waals surface area contributed by atoms with Crippen molar-refractivity contribution in [1.29, 1.82) is 0 Å². The molecule has 1 heterocycles. The standard InChI is InChI=1S/C15H18O4/c1-10(16)15(9-14(2,3)19-13(15)17)11-5-7-12(18-4)8-6-11/h5-8H,9H2,1-4H3/t15-/m0/s1. The molecule has 1 aromatic carbocycles. The van der Waals surface area contributed by atoms with E-state index in [9.17, 15) is 9.59 Å². The van der Waals surface area contributed by atoms with Crippen LogP contribution in [0.3, 0.4) is 0 Å². The van der Waals surface area contributed by atoms with E-state index < -0.39 is 17.0 Å². The van der Waals surface area contributed by atoms with E-state index in [1.807, 2.05) is 13.8 Å². The first-order valence-corrected chi connectivity index (χ1v) is 6.21. The Labute approximate surface area is 112 Å². The average Bonchev–Trinajstić information content (AvgIpc) is 2.60. The number of hydrogen-bond acceptors (Lipinski definition) is 4. The number of carbonyl (C=O) groups is 2. The first-order valence-electron chi connectivity index (χ1n) is 6.21. The van der Waals surface area contributed by atoms with Gasteiger partial charge in [-0.05, 0) is 38.5 Å². The van der Waals surface area contributed by atoms with Crippen LogP contribution in [0.15, 0.2) is 24.3 Å². The Morgan fingerprint density at radius 3 is 2.21 bits per heavy atom. The first kappa shape index (κ1) is 13.6. The van der Waals surface area contributed by atoms with Gasteiger partial charge in [-0.2, -0.15) is 0 Å². The second-order valence-corrected chi connectivity index (χ2v) is 5.52. The third-order valence-electron chi connectivity index (χ3n) is 3.59. The number of Topliss-reactive ketones (excluding diaryl/α,β-unsaturated/α-hetero) is 1. The summed E-state index contributed by atoms with van der Waals surface area (Å²) in [5, 5.41) is 0. The van der Waals surface area contributed by atoms with E-state index in [0.717, 1.165) is 0 Å². The molecular weight excluding hydrogens is 244 g/mol. The SMILES string of the molecule is COc1ccc([C@@]2(C(C)=O)CC(C)(C)OC2=O)cc1. The Balaban J connectivity index is 2.51. The molecule has 1 atom stereocenters. The Bertz CT molecular complexity index is 515. The van der Waals surface area contributed by atoms with Crippen molar-refractivity contribution in [2.45, 2.75) is 38.2 Å². The van der Waals surface area contributed by atoms with Crippen LogP contribution in [-0.4, -0.2) is 24.5 Å². The molecule has 0 aliphatic carbocycles. The molecule has 1 saturated heterocycles. The molecular formula is C15H18O4. The summed E-state index contributed by atoms with van der Waals surface area (Å²) in [4.78, 5) is 24.3. The second kappa shape index (κ2) is 4.37. The highest BCUT2D eigenvalue weighted by atomic mass is 16.6. The van der Waals surface area contributed by atoms with Crippen molar-refractivity contribution in [3.8, 4) is 5.75 Å². The zero-order valence-electron chi connectivity index (χ0n) is 11.6. The minimum Gasteiger partial charge on any atom is -0.497 e. The molecule has 0 aromatic heterocycles. The second-order valence-electron chi connectivity index (χ2n) is 5.52. The average molecular weight is 262 g/mol. The van der Waals surface area contributed by atoms with Crippen LogP contribution in [-0.2, 0) is 19.7 Å². The fourth-order valence-electron chi connectivity index (χ4n) is 2.65. The minimum atomic E-state index is -1.18. The monoisotopic (exact) mass is 262 g/mol. The van der Waals surface area contributed by atoms with Crippen molar-refractivity contribution >= 4 is 11.8 Å². The normalized spacial score (nSPS) is 24.9. The number of esters is 1. The Hall–Kier alpha value is -1.84. The highest BCUT2D eigenvalue weighted by Gasteiger charge is 2.57. The van der Waals surface area contributed by atoms with Crippen LogP contribution in [0.4, 0.5) is 0 Å². The zero-order valence-corrected chi connectivity index (χ0v) is 11.6. The van der Waals surface area contributed by atoms with Crippen LogP contribution >= 0.6 is 0 Å². The number of hydrogen-bond donors (Lipinski definition) is 0. The number of benzene rings is 1. The summed E-state index contributed by atoms with van der Waals surface area (Å²) in [6.45, 7) is 5.07. The van der Waals surface area contributed by atoms with Crippen LogP contribution in [0.5, 0.6) is 5.75 Å². The van der Waals surface area contributed by atoms with Gasteiger partial charge in [0.15, 0.2) is 11.2 Å². The van der Waals surface area contributed by atoms with Gasteiger partial charge in [0, 0.05) is 6.42 Å². The highest BCUT2D eigenvalue weighted by Crippen LogP contribution is 2.43. The molecule has 1 fully saturated rings. The Morgan fingerprint density at radius 2 is 1.84 bits per heavy atom. The van der Waals surface area contributed by atoms with E-state index in [1.54, 1.807) is 31.4 Å². The smallest absolute Gasteiger partial charge is 0.324 e. The predicted octanol–water partition coefficient (Wildman–Crippen LogP) is 2.25. The van der Waals surface area contributed by atoms with Gasteiger partial charge in [0.1, 0.15) is 11.4 Å². The molecule has 0 saturated carbocycles. The molecule has 0 spiro atoms.